The Bertz CT molecular complexity index is 740. The smallest absolute Gasteiger partial charge is 0.214 e. The van der Waals surface area contributed by atoms with Crippen molar-refractivity contribution in [1.82, 2.24) is 15.0 Å². The number of pyridine rings is 1. The van der Waals surface area contributed by atoms with E-state index in [9.17, 15) is 0 Å². The molecule has 0 bridgehead atoms. The number of methoxy groups -OCH3 is 1. The van der Waals surface area contributed by atoms with Gasteiger partial charge in [-0.2, -0.15) is 4.98 Å². The fraction of sp³-hybridized carbons (Fsp3) is 0.500. The molecular formula is C18H23N5O. The van der Waals surface area contributed by atoms with Crippen LogP contribution in [0.25, 0.3) is 0 Å². The lowest BCUT2D eigenvalue weighted by Crippen LogP contribution is -2.47. The van der Waals surface area contributed by atoms with Gasteiger partial charge in [-0.3, -0.25) is 0 Å². The number of rotatable bonds is 3. The average Bonchev–Trinajstić information content (AvgIpc) is 3.09. The lowest BCUT2D eigenvalue weighted by molar-refractivity contribution is 0.397. The maximum absolute atomic E-state index is 5.23. The molecule has 1 aliphatic heterocycles. The number of aryl methyl sites for hydroxylation is 2. The van der Waals surface area contributed by atoms with Crippen molar-refractivity contribution < 1.29 is 4.74 Å². The summed E-state index contributed by atoms with van der Waals surface area (Å²) < 4.78 is 5.23. The molecule has 1 fully saturated rings. The van der Waals surface area contributed by atoms with Crippen molar-refractivity contribution in [3.05, 3.63) is 35.3 Å². The number of hydrogen-bond donors (Lipinski definition) is 0. The molecule has 1 aliphatic carbocycles. The third-order valence-electron chi connectivity index (χ3n) is 4.84. The maximum Gasteiger partial charge on any atom is 0.214 e. The molecule has 126 valence electrons. The van der Waals surface area contributed by atoms with Crippen LogP contribution in [-0.2, 0) is 12.8 Å². The van der Waals surface area contributed by atoms with E-state index in [0.717, 1.165) is 56.5 Å². The minimum atomic E-state index is 0.666. The van der Waals surface area contributed by atoms with Gasteiger partial charge in [0.15, 0.2) is 0 Å². The largest absolute Gasteiger partial charge is 0.481 e. The second-order valence-corrected chi connectivity index (χ2v) is 6.39. The van der Waals surface area contributed by atoms with Gasteiger partial charge in [0, 0.05) is 43.5 Å². The normalized spacial score (nSPS) is 17.1. The zero-order valence-corrected chi connectivity index (χ0v) is 14.3. The Balaban J connectivity index is 1.51. The van der Waals surface area contributed by atoms with E-state index in [4.69, 9.17) is 9.72 Å². The topological polar surface area (TPSA) is 54.4 Å². The molecule has 2 aliphatic rings. The second-order valence-electron chi connectivity index (χ2n) is 6.39. The number of anilines is 2. The van der Waals surface area contributed by atoms with Gasteiger partial charge in [0.2, 0.25) is 5.88 Å². The molecule has 6 nitrogen and oxygen atoms in total. The van der Waals surface area contributed by atoms with Gasteiger partial charge in [0.25, 0.3) is 0 Å². The Morgan fingerprint density at radius 1 is 0.958 bits per heavy atom. The number of fused-ring (bicyclic) bond motifs is 1. The Morgan fingerprint density at radius 2 is 1.75 bits per heavy atom. The van der Waals surface area contributed by atoms with Crippen LogP contribution in [0, 0.1) is 6.92 Å². The molecule has 4 rings (SSSR count). The van der Waals surface area contributed by atoms with Crippen LogP contribution in [0.3, 0.4) is 0 Å². The van der Waals surface area contributed by atoms with Crippen molar-refractivity contribution in [2.24, 2.45) is 0 Å². The molecule has 2 aromatic rings. The zero-order chi connectivity index (χ0) is 16.5. The van der Waals surface area contributed by atoms with Gasteiger partial charge in [-0.15, -0.1) is 0 Å². The minimum Gasteiger partial charge on any atom is -0.481 e. The molecule has 0 aromatic carbocycles. The standard InChI is InChI=1S/C18H23N5O/c1-13-19-15-6-3-5-14(15)18(20-13)23-11-9-22(10-12-23)16-7-4-8-17(21-16)24-2/h4,7-8H,3,5-6,9-12H2,1-2H3. The van der Waals surface area contributed by atoms with Crippen LogP contribution in [0.4, 0.5) is 11.6 Å². The summed E-state index contributed by atoms with van der Waals surface area (Å²) >= 11 is 0. The Kier molecular flexibility index (Phi) is 3.96. The molecule has 0 unspecified atom stereocenters. The van der Waals surface area contributed by atoms with Crippen molar-refractivity contribution in [3.63, 3.8) is 0 Å². The van der Waals surface area contributed by atoms with E-state index in [1.165, 1.54) is 17.7 Å². The molecule has 6 heteroatoms. The lowest BCUT2D eigenvalue weighted by Gasteiger charge is -2.36. The van der Waals surface area contributed by atoms with Crippen molar-refractivity contribution in [1.29, 1.82) is 0 Å². The van der Waals surface area contributed by atoms with Crippen molar-refractivity contribution in [2.75, 3.05) is 43.1 Å². The van der Waals surface area contributed by atoms with Gasteiger partial charge in [-0.05, 0) is 32.3 Å². The van der Waals surface area contributed by atoms with Crippen LogP contribution in [0.2, 0.25) is 0 Å². The van der Waals surface area contributed by atoms with E-state index in [0.29, 0.717) is 5.88 Å². The van der Waals surface area contributed by atoms with E-state index >= 15 is 0 Å². The molecule has 1 saturated heterocycles. The third kappa shape index (κ3) is 2.77. The zero-order valence-electron chi connectivity index (χ0n) is 14.3. The van der Waals surface area contributed by atoms with Crippen LogP contribution in [0.1, 0.15) is 23.5 Å². The molecule has 0 amide bonds. The summed E-state index contributed by atoms with van der Waals surface area (Å²) in [7, 11) is 1.65. The molecular weight excluding hydrogens is 302 g/mol. The molecule has 0 radical (unpaired) electrons. The van der Waals surface area contributed by atoms with E-state index in [1.807, 2.05) is 25.1 Å². The van der Waals surface area contributed by atoms with E-state index in [-0.39, 0.29) is 0 Å². The highest BCUT2D eigenvalue weighted by atomic mass is 16.5. The Morgan fingerprint density at radius 3 is 2.54 bits per heavy atom. The maximum atomic E-state index is 5.23. The highest BCUT2D eigenvalue weighted by molar-refractivity contribution is 5.53. The fourth-order valence-corrected chi connectivity index (χ4v) is 3.64. The number of ether oxygens (including phenoxy) is 1. The molecule has 0 saturated carbocycles. The SMILES string of the molecule is COc1cccc(N2CCN(c3nc(C)nc4c3CCC4)CC2)n1. The first-order valence-corrected chi connectivity index (χ1v) is 8.62. The van der Waals surface area contributed by atoms with Gasteiger partial charge < -0.3 is 14.5 Å². The van der Waals surface area contributed by atoms with Crippen molar-refractivity contribution >= 4 is 11.6 Å². The summed E-state index contributed by atoms with van der Waals surface area (Å²) in [4.78, 5) is 18.6. The van der Waals surface area contributed by atoms with Crippen LogP contribution < -0.4 is 14.5 Å². The summed E-state index contributed by atoms with van der Waals surface area (Å²) in [5, 5.41) is 0. The van der Waals surface area contributed by atoms with E-state index in [2.05, 4.69) is 19.8 Å². The quantitative estimate of drug-likeness (QED) is 0.860. The summed E-state index contributed by atoms with van der Waals surface area (Å²) in [6.07, 6.45) is 3.41. The predicted octanol–water partition coefficient (Wildman–Crippen LogP) is 2.00. The summed E-state index contributed by atoms with van der Waals surface area (Å²) in [5.74, 6) is 3.70. The molecule has 3 heterocycles. The van der Waals surface area contributed by atoms with Gasteiger partial charge in [-0.1, -0.05) is 6.07 Å². The molecule has 24 heavy (non-hydrogen) atoms. The van der Waals surface area contributed by atoms with Crippen molar-refractivity contribution in [2.45, 2.75) is 26.2 Å². The molecule has 2 aromatic heterocycles. The van der Waals surface area contributed by atoms with Crippen LogP contribution >= 0.6 is 0 Å². The number of hydrogen-bond acceptors (Lipinski definition) is 6. The van der Waals surface area contributed by atoms with Crippen LogP contribution in [0.15, 0.2) is 18.2 Å². The summed E-state index contributed by atoms with van der Waals surface area (Å²) in [6.45, 7) is 5.80. The first-order valence-electron chi connectivity index (χ1n) is 8.62. The first-order chi connectivity index (χ1) is 11.7. The first kappa shape index (κ1) is 15.2. The van der Waals surface area contributed by atoms with Crippen molar-refractivity contribution in [3.8, 4) is 5.88 Å². The number of nitrogens with zero attached hydrogens (tertiary/aromatic N) is 5. The lowest BCUT2D eigenvalue weighted by atomic mass is 10.2. The molecule has 0 N–H and O–H groups in total. The van der Waals surface area contributed by atoms with Gasteiger partial charge in [-0.25, -0.2) is 9.97 Å². The Hall–Kier alpha value is -2.37. The molecule has 0 atom stereocenters. The number of aromatic nitrogens is 3. The number of piperazine rings is 1. The summed E-state index contributed by atoms with van der Waals surface area (Å²) in [5.41, 5.74) is 2.63. The monoisotopic (exact) mass is 325 g/mol. The average molecular weight is 325 g/mol. The third-order valence-corrected chi connectivity index (χ3v) is 4.84. The minimum absolute atomic E-state index is 0.666. The summed E-state index contributed by atoms with van der Waals surface area (Å²) in [6, 6.07) is 5.92. The van der Waals surface area contributed by atoms with Gasteiger partial charge >= 0.3 is 0 Å². The Labute approximate surface area is 142 Å². The van der Waals surface area contributed by atoms with E-state index < -0.39 is 0 Å². The van der Waals surface area contributed by atoms with Crippen LogP contribution in [-0.4, -0.2) is 48.2 Å². The van der Waals surface area contributed by atoms with Gasteiger partial charge in [0.05, 0.1) is 7.11 Å². The predicted molar refractivity (Wildman–Crippen MR) is 94.0 cm³/mol. The van der Waals surface area contributed by atoms with Crippen LogP contribution in [0.5, 0.6) is 5.88 Å². The molecule has 0 spiro atoms. The second kappa shape index (κ2) is 6.26. The highest BCUT2D eigenvalue weighted by Crippen LogP contribution is 2.29. The fourth-order valence-electron chi connectivity index (χ4n) is 3.64. The van der Waals surface area contributed by atoms with Gasteiger partial charge in [0.1, 0.15) is 17.5 Å². The highest BCUT2D eigenvalue weighted by Gasteiger charge is 2.25. The van der Waals surface area contributed by atoms with E-state index in [1.54, 1.807) is 7.11 Å².